The highest BCUT2D eigenvalue weighted by Gasteiger charge is 2.45. The molecule has 2 aliphatic carbocycles. The van der Waals surface area contributed by atoms with Crippen molar-refractivity contribution in [3.05, 3.63) is 34.5 Å². The molecule has 0 amide bonds. The molecule has 0 saturated heterocycles. The van der Waals surface area contributed by atoms with Gasteiger partial charge in [0.1, 0.15) is 11.8 Å². The molecule has 1 unspecified atom stereocenters. The number of fused-ring (bicyclic) bond motifs is 6. The maximum atomic E-state index is 5.88. The quantitative estimate of drug-likeness (QED) is 0.745. The zero-order chi connectivity index (χ0) is 13.3. The lowest BCUT2D eigenvalue weighted by Gasteiger charge is -2.23. The smallest absolute Gasteiger partial charge is 0.165 e. The lowest BCUT2D eigenvalue weighted by atomic mass is 9.93. The predicted octanol–water partition coefficient (Wildman–Crippen LogP) is 2.69. The second kappa shape index (κ2) is 3.58. The molecule has 100 valence electrons. The highest BCUT2D eigenvalue weighted by Crippen LogP contribution is 2.59. The van der Waals surface area contributed by atoms with Crippen molar-refractivity contribution in [3.8, 4) is 0 Å². The number of imidazole rings is 1. The van der Waals surface area contributed by atoms with Crippen LogP contribution in [0, 0.1) is 0 Å². The molecule has 0 aromatic carbocycles. The zero-order valence-corrected chi connectivity index (χ0v) is 11.5. The van der Waals surface area contributed by atoms with Crippen LogP contribution in [0.3, 0.4) is 0 Å². The molecule has 0 spiro atoms. The van der Waals surface area contributed by atoms with Crippen molar-refractivity contribution in [2.45, 2.75) is 30.7 Å². The fraction of sp³-hybridized carbons (Fsp3) is 0.357. The van der Waals surface area contributed by atoms with Gasteiger partial charge < -0.3 is 10.3 Å². The fourth-order valence-corrected chi connectivity index (χ4v) is 5.05. The van der Waals surface area contributed by atoms with Crippen molar-refractivity contribution < 1.29 is 0 Å². The van der Waals surface area contributed by atoms with Gasteiger partial charge in [-0.1, -0.05) is 0 Å². The molecule has 5 rings (SSSR count). The number of hydrogen-bond donors (Lipinski definition) is 1. The Morgan fingerprint density at radius 1 is 1.25 bits per heavy atom. The fourth-order valence-electron chi connectivity index (χ4n) is 3.95. The molecule has 5 nitrogen and oxygen atoms in total. The Bertz CT molecular complexity index is 820. The van der Waals surface area contributed by atoms with E-state index in [0.29, 0.717) is 17.8 Å². The van der Waals surface area contributed by atoms with E-state index in [1.807, 2.05) is 17.7 Å². The third-order valence-corrected chi connectivity index (χ3v) is 5.87. The molecule has 2 aliphatic rings. The largest absolute Gasteiger partial charge is 0.382 e. The minimum absolute atomic E-state index is 0.460. The normalized spacial score (nSPS) is 27.3. The molecule has 20 heavy (non-hydrogen) atoms. The highest BCUT2D eigenvalue weighted by molar-refractivity contribution is 7.10. The third-order valence-electron chi connectivity index (χ3n) is 4.77. The van der Waals surface area contributed by atoms with E-state index in [4.69, 9.17) is 5.73 Å². The van der Waals surface area contributed by atoms with Gasteiger partial charge in [0, 0.05) is 16.8 Å². The van der Waals surface area contributed by atoms with Crippen LogP contribution in [-0.2, 0) is 0 Å². The highest BCUT2D eigenvalue weighted by atomic mass is 32.1. The summed E-state index contributed by atoms with van der Waals surface area (Å²) in [6.07, 6.45) is 5.87. The second-order valence-electron chi connectivity index (χ2n) is 5.67. The van der Waals surface area contributed by atoms with E-state index in [9.17, 15) is 0 Å². The minimum atomic E-state index is 0.460. The third kappa shape index (κ3) is 1.20. The van der Waals surface area contributed by atoms with Crippen molar-refractivity contribution in [1.29, 1.82) is 0 Å². The van der Waals surface area contributed by atoms with Crippen molar-refractivity contribution in [2.24, 2.45) is 0 Å². The first-order valence-corrected chi connectivity index (χ1v) is 7.71. The Morgan fingerprint density at radius 2 is 2.20 bits per heavy atom. The number of rotatable bonds is 1. The number of nitrogens with zero attached hydrogens (tertiary/aromatic N) is 4. The van der Waals surface area contributed by atoms with Crippen LogP contribution in [0.2, 0.25) is 0 Å². The Hall–Kier alpha value is -1.95. The molecule has 1 fully saturated rings. The summed E-state index contributed by atoms with van der Waals surface area (Å²) in [7, 11) is 0. The lowest BCUT2D eigenvalue weighted by molar-refractivity contribution is 0.460. The van der Waals surface area contributed by atoms with Gasteiger partial charge >= 0.3 is 0 Å². The summed E-state index contributed by atoms with van der Waals surface area (Å²) in [6.45, 7) is 0. The second-order valence-corrected chi connectivity index (χ2v) is 6.61. The SMILES string of the molecule is Nc1ncnc2c1ncn2C1C[C@H]2C[C@@H]1c1ccsc12. The van der Waals surface area contributed by atoms with Crippen LogP contribution < -0.4 is 5.73 Å². The Balaban J connectivity index is 1.66. The summed E-state index contributed by atoms with van der Waals surface area (Å²) in [4.78, 5) is 14.4. The predicted molar refractivity (Wildman–Crippen MR) is 77.8 cm³/mol. The van der Waals surface area contributed by atoms with Crippen molar-refractivity contribution in [1.82, 2.24) is 19.5 Å². The summed E-state index contributed by atoms with van der Waals surface area (Å²) < 4.78 is 2.21. The van der Waals surface area contributed by atoms with Crippen LogP contribution in [0.1, 0.15) is 41.2 Å². The van der Waals surface area contributed by atoms with Crippen LogP contribution in [0.25, 0.3) is 11.2 Å². The Morgan fingerprint density at radius 3 is 3.15 bits per heavy atom. The van der Waals surface area contributed by atoms with Gasteiger partial charge in [0.05, 0.1) is 6.33 Å². The van der Waals surface area contributed by atoms with E-state index in [1.54, 1.807) is 10.4 Å². The van der Waals surface area contributed by atoms with E-state index < -0.39 is 0 Å². The maximum Gasteiger partial charge on any atom is 0.165 e. The van der Waals surface area contributed by atoms with Gasteiger partial charge in [0.2, 0.25) is 0 Å². The molecule has 1 saturated carbocycles. The topological polar surface area (TPSA) is 69.6 Å². The molecule has 6 heteroatoms. The molecule has 3 aromatic heterocycles. The van der Waals surface area contributed by atoms with Crippen LogP contribution in [0.15, 0.2) is 24.1 Å². The first-order valence-electron chi connectivity index (χ1n) is 6.83. The van der Waals surface area contributed by atoms with Gasteiger partial charge in [0.15, 0.2) is 11.5 Å². The van der Waals surface area contributed by atoms with Crippen LogP contribution in [0.5, 0.6) is 0 Å². The Kier molecular flexibility index (Phi) is 1.93. The van der Waals surface area contributed by atoms with Gasteiger partial charge in [0.25, 0.3) is 0 Å². The molecule has 3 aromatic rings. The van der Waals surface area contributed by atoms with E-state index in [-0.39, 0.29) is 0 Å². The Labute approximate surface area is 119 Å². The van der Waals surface area contributed by atoms with Crippen molar-refractivity contribution in [3.63, 3.8) is 0 Å². The van der Waals surface area contributed by atoms with Gasteiger partial charge in [-0.3, -0.25) is 0 Å². The van der Waals surface area contributed by atoms with Crippen LogP contribution in [-0.4, -0.2) is 19.5 Å². The summed E-state index contributed by atoms with van der Waals surface area (Å²) in [5.41, 5.74) is 9.01. The molecule has 3 heterocycles. The molecule has 2 bridgehead atoms. The lowest BCUT2D eigenvalue weighted by Crippen LogP contribution is -2.14. The van der Waals surface area contributed by atoms with Gasteiger partial charge in [-0.2, -0.15) is 0 Å². The molecule has 2 N–H and O–H groups in total. The molecular weight excluding hydrogens is 270 g/mol. The van der Waals surface area contributed by atoms with E-state index >= 15 is 0 Å². The first-order chi connectivity index (χ1) is 9.83. The van der Waals surface area contributed by atoms with Gasteiger partial charge in [-0.25, -0.2) is 15.0 Å². The van der Waals surface area contributed by atoms with E-state index in [1.165, 1.54) is 19.2 Å². The average molecular weight is 283 g/mol. The standard InChI is InChI=1S/C14H13N5S/c15-13-11-14(17-5-16-13)19(6-18-11)10-4-7-3-9(10)8-1-2-20-12(7)8/h1-2,5-7,9-10H,3-4H2,(H2,15,16,17)/t7-,9-,10?/m1/s1. The number of thiophene rings is 1. The summed E-state index contributed by atoms with van der Waals surface area (Å²) in [5.74, 6) is 1.79. The number of hydrogen-bond acceptors (Lipinski definition) is 5. The number of nitrogen functional groups attached to an aromatic ring is 1. The van der Waals surface area contributed by atoms with E-state index in [2.05, 4.69) is 31.0 Å². The van der Waals surface area contributed by atoms with Crippen molar-refractivity contribution >= 4 is 28.3 Å². The first kappa shape index (κ1) is 10.8. The number of anilines is 1. The molecule has 0 radical (unpaired) electrons. The van der Waals surface area contributed by atoms with Crippen molar-refractivity contribution in [2.75, 3.05) is 5.73 Å². The summed E-state index contributed by atoms with van der Waals surface area (Å²) in [5, 5.41) is 2.22. The van der Waals surface area contributed by atoms with Gasteiger partial charge in [-0.05, 0) is 35.8 Å². The summed E-state index contributed by atoms with van der Waals surface area (Å²) in [6, 6.07) is 2.75. The van der Waals surface area contributed by atoms with Gasteiger partial charge in [-0.15, -0.1) is 11.3 Å². The summed E-state index contributed by atoms with van der Waals surface area (Å²) >= 11 is 1.91. The zero-order valence-electron chi connectivity index (χ0n) is 10.7. The molecular formula is C14H13N5S. The number of aromatic nitrogens is 4. The average Bonchev–Trinajstić information content (AvgIpc) is 3.19. The molecule has 3 atom stereocenters. The number of nitrogens with two attached hydrogens (primary N) is 1. The minimum Gasteiger partial charge on any atom is -0.382 e. The van der Waals surface area contributed by atoms with Crippen LogP contribution in [0.4, 0.5) is 5.82 Å². The molecule has 0 aliphatic heterocycles. The maximum absolute atomic E-state index is 5.88. The monoisotopic (exact) mass is 283 g/mol. The van der Waals surface area contributed by atoms with E-state index in [0.717, 1.165) is 17.1 Å². The van der Waals surface area contributed by atoms with Crippen LogP contribution >= 0.6 is 11.3 Å².